The lowest BCUT2D eigenvalue weighted by Gasteiger charge is -2.38. The van der Waals surface area contributed by atoms with Crippen LogP contribution in [-0.4, -0.2) is 22.4 Å². The van der Waals surface area contributed by atoms with Crippen molar-refractivity contribution < 1.29 is 0 Å². The van der Waals surface area contributed by atoms with Crippen molar-refractivity contribution in [3.8, 4) is 0 Å². The average molecular weight is 295 g/mol. The Morgan fingerprint density at radius 3 is 2.79 bits per heavy atom. The maximum Gasteiger partial charge on any atom is 0.156 e. The predicted molar refractivity (Wildman–Crippen MR) is 84.0 cm³/mol. The van der Waals surface area contributed by atoms with Gasteiger partial charge in [-0.1, -0.05) is 31.0 Å². The summed E-state index contributed by atoms with van der Waals surface area (Å²) in [7, 11) is 0. The topological polar surface area (TPSA) is 37.3 Å². The minimum Gasteiger partial charge on any atom is -0.360 e. The van der Waals surface area contributed by atoms with Gasteiger partial charge in [-0.25, -0.2) is 4.98 Å². The summed E-state index contributed by atoms with van der Waals surface area (Å²) in [4.78, 5) is 10.4. The fourth-order valence-electron chi connectivity index (χ4n) is 2.91. The number of amidine groups is 1. The van der Waals surface area contributed by atoms with Crippen molar-refractivity contribution >= 4 is 28.3 Å². The Labute approximate surface area is 123 Å². The smallest absolute Gasteiger partial charge is 0.156 e. The van der Waals surface area contributed by atoms with Crippen molar-refractivity contribution in [1.82, 2.24) is 10.3 Å². The zero-order valence-electron chi connectivity index (χ0n) is 11.4. The Morgan fingerprint density at radius 1 is 1.32 bits per heavy atom. The molecular weight excluding hydrogens is 274 g/mol. The summed E-state index contributed by atoms with van der Waals surface area (Å²) in [6.45, 7) is 3.95. The van der Waals surface area contributed by atoms with Gasteiger partial charge in [-0.2, -0.15) is 0 Å². The highest BCUT2D eigenvalue weighted by Gasteiger charge is 2.34. The number of nitrogens with one attached hydrogen (secondary N) is 1. The van der Waals surface area contributed by atoms with Gasteiger partial charge in [-0.3, -0.25) is 4.99 Å². The van der Waals surface area contributed by atoms with E-state index < -0.39 is 0 Å². The van der Waals surface area contributed by atoms with Crippen molar-refractivity contribution in [3.05, 3.63) is 16.1 Å². The van der Waals surface area contributed by atoms with Crippen LogP contribution in [0.1, 0.15) is 42.0 Å². The molecule has 2 aliphatic rings. The quantitative estimate of drug-likeness (QED) is 0.906. The van der Waals surface area contributed by atoms with Gasteiger partial charge in [0.1, 0.15) is 0 Å². The van der Waals surface area contributed by atoms with E-state index in [1.165, 1.54) is 42.7 Å². The van der Waals surface area contributed by atoms with Crippen molar-refractivity contribution in [1.29, 1.82) is 0 Å². The van der Waals surface area contributed by atoms with E-state index in [1.54, 1.807) is 11.3 Å². The highest BCUT2D eigenvalue weighted by molar-refractivity contribution is 8.13. The molecule has 1 aliphatic heterocycles. The number of rotatable bonds is 2. The molecule has 2 heterocycles. The number of hydrogen-bond donors (Lipinski definition) is 1. The molecular formula is C14H21N3S2. The average Bonchev–Trinajstić information content (AvgIpc) is 2.85. The Bertz CT molecular complexity index is 461. The first-order valence-electron chi connectivity index (χ1n) is 7.08. The summed E-state index contributed by atoms with van der Waals surface area (Å²) in [5.74, 6) is 1.25. The molecule has 0 bridgehead atoms. The Hall–Kier alpha value is -0.550. The number of aryl methyl sites for hydroxylation is 1. The molecule has 0 amide bonds. The molecule has 0 saturated heterocycles. The maximum atomic E-state index is 4.78. The molecule has 1 fully saturated rings. The first-order chi connectivity index (χ1) is 9.26. The fourth-order valence-corrected chi connectivity index (χ4v) is 4.80. The van der Waals surface area contributed by atoms with E-state index in [-0.39, 0.29) is 0 Å². The lowest BCUT2D eigenvalue weighted by molar-refractivity contribution is 0.232. The second-order valence-electron chi connectivity index (χ2n) is 5.67. The summed E-state index contributed by atoms with van der Waals surface area (Å²) in [6, 6.07) is 0. The Morgan fingerprint density at radius 2 is 2.16 bits per heavy atom. The van der Waals surface area contributed by atoms with Crippen LogP contribution in [0.4, 0.5) is 0 Å². The van der Waals surface area contributed by atoms with Gasteiger partial charge in [0.05, 0.1) is 11.6 Å². The van der Waals surface area contributed by atoms with Crippen molar-refractivity contribution in [2.45, 2.75) is 45.6 Å². The number of aromatic nitrogens is 1. The van der Waals surface area contributed by atoms with Crippen molar-refractivity contribution in [2.75, 3.05) is 12.3 Å². The van der Waals surface area contributed by atoms with E-state index in [9.17, 15) is 0 Å². The van der Waals surface area contributed by atoms with Gasteiger partial charge >= 0.3 is 0 Å². The number of nitrogens with zero attached hydrogens (tertiary/aromatic N) is 2. The Balaban J connectivity index is 1.53. The summed E-state index contributed by atoms with van der Waals surface area (Å²) >= 11 is 3.68. The molecule has 104 valence electrons. The van der Waals surface area contributed by atoms with Crippen LogP contribution in [0, 0.1) is 12.3 Å². The van der Waals surface area contributed by atoms with E-state index >= 15 is 0 Å². The van der Waals surface area contributed by atoms with Crippen LogP contribution in [0.3, 0.4) is 0 Å². The normalized spacial score (nSPS) is 22.3. The van der Waals surface area contributed by atoms with Crippen LogP contribution in [0.25, 0.3) is 0 Å². The lowest BCUT2D eigenvalue weighted by atomic mass is 9.75. The van der Waals surface area contributed by atoms with Crippen LogP contribution >= 0.6 is 23.1 Å². The van der Waals surface area contributed by atoms with Crippen LogP contribution < -0.4 is 5.32 Å². The minimum absolute atomic E-state index is 0.523. The highest BCUT2D eigenvalue weighted by Crippen LogP contribution is 2.41. The summed E-state index contributed by atoms with van der Waals surface area (Å²) in [5, 5.41) is 5.72. The molecule has 1 aromatic heterocycles. The monoisotopic (exact) mass is 295 g/mol. The molecule has 0 unspecified atom stereocenters. The third-order valence-corrected chi connectivity index (χ3v) is 6.29. The third kappa shape index (κ3) is 3.31. The predicted octanol–water partition coefficient (Wildman–Crippen LogP) is 3.59. The van der Waals surface area contributed by atoms with E-state index in [4.69, 9.17) is 4.99 Å². The van der Waals surface area contributed by atoms with Gasteiger partial charge in [0, 0.05) is 23.4 Å². The van der Waals surface area contributed by atoms with Gasteiger partial charge in [-0.05, 0) is 25.2 Å². The lowest BCUT2D eigenvalue weighted by Crippen LogP contribution is -2.36. The number of hydrogen-bond acceptors (Lipinski definition) is 5. The van der Waals surface area contributed by atoms with Crippen LogP contribution in [0.2, 0.25) is 0 Å². The Kier molecular flexibility index (Phi) is 4.12. The maximum absolute atomic E-state index is 4.78. The molecule has 0 aromatic carbocycles. The minimum atomic E-state index is 0.523. The molecule has 1 aliphatic carbocycles. The van der Waals surface area contributed by atoms with Gasteiger partial charge < -0.3 is 5.32 Å². The first kappa shape index (κ1) is 13.4. The molecule has 1 spiro atoms. The largest absolute Gasteiger partial charge is 0.360 e. The van der Waals surface area contributed by atoms with Gasteiger partial charge in [0.2, 0.25) is 0 Å². The van der Waals surface area contributed by atoms with Crippen LogP contribution in [0.15, 0.2) is 11.2 Å². The summed E-state index contributed by atoms with van der Waals surface area (Å²) in [6.07, 6.45) is 8.95. The van der Waals surface area contributed by atoms with Gasteiger partial charge in [0.25, 0.3) is 0 Å². The van der Waals surface area contributed by atoms with Crippen molar-refractivity contribution in [2.24, 2.45) is 10.4 Å². The molecule has 3 nitrogen and oxygen atoms in total. The third-order valence-electron chi connectivity index (χ3n) is 4.07. The van der Waals surface area contributed by atoms with E-state index in [0.29, 0.717) is 5.41 Å². The molecule has 0 atom stereocenters. The second-order valence-corrected chi connectivity index (χ2v) is 7.95. The van der Waals surface area contributed by atoms with Crippen LogP contribution in [-0.2, 0) is 6.54 Å². The molecule has 5 heteroatoms. The second kappa shape index (κ2) is 5.83. The molecule has 19 heavy (non-hydrogen) atoms. The summed E-state index contributed by atoms with van der Waals surface area (Å²) in [5.41, 5.74) is 0.523. The van der Waals surface area contributed by atoms with Gasteiger partial charge in [-0.15, -0.1) is 11.3 Å². The zero-order valence-corrected chi connectivity index (χ0v) is 13.1. The first-order valence-corrected chi connectivity index (χ1v) is 8.88. The van der Waals surface area contributed by atoms with Crippen LogP contribution in [0.5, 0.6) is 0 Å². The van der Waals surface area contributed by atoms with E-state index in [1.807, 2.05) is 24.9 Å². The molecule has 0 radical (unpaired) electrons. The fraction of sp³-hybridized carbons (Fsp3) is 0.714. The number of aliphatic imine (C=N–C) groups is 1. The SMILES string of the molecule is Cc1ncc(CNC2=NCC3(CCCCC3)CS2)s1. The molecule has 1 N–H and O–H groups in total. The molecule has 3 rings (SSSR count). The highest BCUT2D eigenvalue weighted by atomic mass is 32.2. The van der Waals surface area contributed by atoms with E-state index in [2.05, 4.69) is 10.3 Å². The zero-order chi connectivity index (χ0) is 13.1. The molecule has 1 saturated carbocycles. The van der Waals surface area contributed by atoms with E-state index in [0.717, 1.165) is 23.3 Å². The summed E-state index contributed by atoms with van der Waals surface area (Å²) < 4.78 is 0. The standard InChI is InChI=1S/C14H21N3S2/c1-11-15-7-12(19-11)8-16-13-17-9-14(10-18-13)5-3-2-4-6-14/h7H,2-6,8-10H2,1H3,(H,16,17). The molecule has 1 aromatic rings. The van der Waals surface area contributed by atoms with Crippen molar-refractivity contribution in [3.63, 3.8) is 0 Å². The number of thiazole rings is 1. The number of thioether (sulfide) groups is 1. The van der Waals surface area contributed by atoms with Gasteiger partial charge in [0.15, 0.2) is 5.17 Å².